The van der Waals surface area contributed by atoms with E-state index >= 15 is 0 Å². The predicted molar refractivity (Wildman–Crippen MR) is 191 cm³/mol. The third-order valence-corrected chi connectivity index (χ3v) is 10.8. The van der Waals surface area contributed by atoms with Crippen LogP contribution >= 0.6 is 0 Å². The number of esters is 1. The van der Waals surface area contributed by atoms with Crippen LogP contribution < -0.4 is 21.3 Å². The zero-order valence-electron chi connectivity index (χ0n) is 29.3. The number of hydrogen-bond acceptors (Lipinski definition) is 9. The summed E-state index contributed by atoms with van der Waals surface area (Å²) in [5.41, 5.74) is 4.33. The van der Waals surface area contributed by atoms with Crippen LogP contribution in [0, 0.1) is 11.8 Å². The van der Waals surface area contributed by atoms with Gasteiger partial charge in [0.1, 0.15) is 12.1 Å². The molecule has 4 amide bonds. The number of carbonyl (C=O) groups is 6. The van der Waals surface area contributed by atoms with E-state index in [4.69, 9.17) is 9.84 Å². The highest BCUT2D eigenvalue weighted by atomic mass is 16.5. The van der Waals surface area contributed by atoms with E-state index in [0.717, 1.165) is 62.7 Å². The number of benzene rings is 2. The van der Waals surface area contributed by atoms with Gasteiger partial charge in [-0.15, -0.1) is 0 Å². The maximum Gasteiger partial charge on any atom is 0.305 e. The molecule has 0 aromatic heterocycles. The summed E-state index contributed by atoms with van der Waals surface area (Å²) in [6, 6.07) is 15.6. The molecule has 0 spiro atoms. The molecule has 274 valence electrons. The van der Waals surface area contributed by atoms with Crippen molar-refractivity contribution < 1.29 is 38.6 Å². The molecule has 2 aliphatic heterocycles. The van der Waals surface area contributed by atoms with Crippen LogP contribution in [0.5, 0.6) is 0 Å². The number of carboxylic acid groups (broad SMARTS) is 1. The number of piperidine rings is 2. The second-order valence-corrected chi connectivity index (χ2v) is 14.4. The number of anilines is 2. The van der Waals surface area contributed by atoms with Crippen LogP contribution in [0.25, 0.3) is 0 Å². The Kier molecular flexibility index (Phi) is 13.2. The molecule has 5 N–H and O–H groups in total. The molecular formula is C39H50N4O8. The van der Waals surface area contributed by atoms with Crippen molar-refractivity contribution in [3.8, 4) is 0 Å². The van der Waals surface area contributed by atoms with Gasteiger partial charge in [0.15, 0.2) is 0 Å². The van der Waals surface area contributed by atoms with E-state index in [9.17, 15) is 28.8 Å². The number of imide groups is 2. The first-order chi connectivity index (χ1) is 24.6. The summed E-state index contributed by atoms with van der Waals surface area (Å²) >= 11 is 0. The lowest BCUT2D eigenvalue weighted by atomic mass is 9.77. The van der Waals surface area contributed by atoms with Crippen molar-refractivity contribution in [2.75, 3.05) is 17.7 Å². The number of methoxy groups -OCH3 is 1. The van der Waals surface area contributed by atoms with E-state index in [0.29, 0.717) is 55.8 Å². The fourth-order valence-corrected chi connectivity index (χ4v) is 7.73. The number of nitrogens with one attached hydrogen (secondary N) is 4. The van der Waals surface area contributed by atoms with Gasteiger partial charge in [-0.1, -0.05) is 24.3 Å². The molecule has 2 aromatic carbocycles. The van der Waals surface area contributed by atoms with Gasteiger partial charge in [-0.05, 0) is 123 Å². The van der Waals surface area contributed by atoms with Crippen molar-refractivity contribution in [3.63, 3.8) is 0 Å². The average molecular weight is 703 g/mol. The van der Waals surface area contributed by atoms with Crippen molar-refractivity contribution in [3.05, 3.63) is 59.7 Å². The van der Waals surface area contributed by atoms with E-state index in [2.05, 4.69) is 45.5 Å². The first-order valence-electron chi connectivity index (χ1n) is 18.2. The van der Waals surface area contributed by atoms with E-state index in [1.54, 1.807) is 0 Å². The third kappa shape index (κ3) is 11.1. The van der Waals surface area contributed by atoms with Gasteiger partial charge in [0.05, 0.1) is 7.11 Å². The van der Waals surface area contributed by atoms with Crippen molar-refractivity contribution in [1.82, 2.24) is 10.6 Å². The number of hydrogen-bond donors (Lipinski definition) is 5. The fraction of sp³-hybridized carbons (Fsp3) is 0.538. The zero-order chi connectivity index (χ0) is 36.3. The first-order valence-corrected chi connectivity index (χ1v) is 18.2. The smallest absolute Gasteiger partial charge is 0.305 e. The van der Waals surface area contributed by atoms with Gasteiger partial charge >= 0.3 is 11.9 Å². The number of aliphatic carboxylic acids is 1. The molecule has 2 aliphatic carbocycles. The van der Waals surface area contributed by atoms with Crippen molar-refractivity contribution in [2.45, 2.75) is 114 Å². The van der Waals surface area contributed by atoms with Gasteiger partial charge < -0.3 is 20.5 Å². The van der Waals surface area contributed by atoms with E-state index < -0.39 is 5.97 Å². The molecule has 2 heterocycles. The van der Waals surface area contributed by atoms with Gasteiger partial charge in [-0.2, -0.15) is 0 Å². The molecule has 51 heavy (non-hydrogen) atoms. The summed E-state index contributed by atoms with van der Waals surface area (Å²) < 4.78 is 4.76. The highest BCUT2D eigenvalue weighted by Crippen LogP contribution is 2.38. The fourth-order valence-electron chi connectivity index (χ4n) is 7.73. The lowest BCUT2D eigenvalue weighted by molar-refractivity contribution is -0.142. The molecule has 0 radical (unpaired) electrons. The van der Waals surface area contributed by atoms with Gasteiger partial charge in [0.25, 0.3) is 0 Å². The van der Waals surface area contributed by atoms with Gasteiger partial charge in [0.2, 0.25) is 23.6 Å². The molecule has 4 aliphatic rings. The van der Waals surface area contributed by atoms with Crippen LogP contribution in [0.1, 0.15) is 113 Å². The minimum atomic E-state index is -0.702. The summed E-state index contributed by atoms with van der Waals surface area (Å²) in [5, 5.41) is 20.0. The Labute approximate surface area is 298 Å². The van der Waals surface area contributed by atoms with Crippen molar-refractivity contribution in [2.24, 2.45) is 11.8 Å². The van der Waals surface area contributed by atoms with E-state index in [1.165, 1.54) is 18.2 Å². The first kappa shape index (κ1) is 37.5. The largest absolute Gasteiger partial charge is 0.481 e. The Bertz CT molecular complexity index is 1540. The van der Waals surface area contributed by atoms with Crippen LogP contribution in [0.4, 0.5) is 11.4 Å². The number of carbonyl (C=O) groups excluding carboxylic acids is 5. The number of rotatable bonds is 10. The average Bonchev–Trinajstić information content (AvgIpc) is 3.12. The lowest BCUT2D eigenvalue weighted by Gasteiger charge is -2.28. The van der Waals surface area contributed by atoms with Crippen molar-refractivity contribution in [1.29, 1.82) is 0 Å². The Hall–Kier alpha value is -4.74. The molecule has 6 rings (SSSR count). The quantitative estimate of drug-likeness (QED) is 0.159. The molecule has 4 fully saturated rings. The summed E-state index contributed by atoms with van der Waals surface area (Å²) in [6.07, 6.45) is 10.8. The Morgan fingerprint density at radius 3 is 1.37 bits per heavy atom. The highest BCUT2D eigenvalue weighted by molar-refractivity contribution is 6.02. The van der Waals surface area contributed by atoms with Crippen LogP contribution in [-0.4, -0.2) is 59.9 Å². The Morgan fingerprint density at radius 1 is 0.627 bits per heavy atom. The number of carboxylic acids is 1. The van der Waals surface area contributed by atoms with E-state index in [-0.39, 0.29) is 48.1 Å². The van der Waals surface area contributed by atoms with Crippen LogP contribution in [0.15, 0.2) is 48.5 Å². The lowest BCUT2D eigenvalue weighted by Crippen LogP contribution is -2.47. The Morgan fingerprint density at radius 2 is 1.02 bits per heavy atom. The molecule has 2 aromatic rings. The predicted octanol–water partition coefficient (Wildman–Crippen LogP) is 5.39. The number of amides is 4. The zero-order valence-corrected chi connectivity index (χ0v) is 29.3. The van der Waals surface area contributed by atoms with E-state index in [1.807, 2.05) is 24.3 Å². The normalized spacial score (nSPS) is 26.5. The standard InChI is InChI=1S/C20H26N2O4.C19H24N2O4/c1-26-19(24)12-13-2-4-14(5-3-13)15-6-8-16(9-7-15)21-17-10-11-18(23)22-20(17)25;22-17-10-9-16(19(25)21-17)20-15-7-5-14(6-8-15)13-3-1-12(2-4-13)11-18(23)24/h6-9,13-14,17,21H,2-5,10-12H2,1H3,(H,22,23,25);5-8,12-13,16,20H,1-4,9-11H2,(H,23,24)(H,21,22,25)/t13?,14?,17-;12?,13?,16-/m11/s1. The van der Waals surface area contributed by atoms with Crippen LogP contribution in [0.3, 0.4) is 0 Å². The summed E-state index contributed by atoms with van der Waals surface area (Å²) in [4.78, 5) is 68.2. The summed E-state index contributed by atoms with van der Waals surface area (Å²) in [7, 11) is 1.44. The minimum Gasteiger partial charge on any atom is -0.481 e. The Balaban J connectivity index is 0.000000198. The molecule has 12 heteroatoms. The maximum atomic E-state index is 11.8. The second-order valence-electron chi connectivity index (χ2n) is 14.4. The topological polar surface area (TPSA) is 180 Å². The van der Waals surface area contributed by atoms with Gasteiger partial charge in [-0.25, -0.2) is 0 Å². The monoisotopic (exact) mass is 702 g/mol. The maximum absolute atomic E-state index is 11.8. The molecular weight excluding hydrogens is 652 g/mol. The summed E-state index contributed by atoms with van der Waals surface area (Å²) in [6.45, 7) is 0. The molecule has 0 unspecified atom stereocenters. The van der Waals surface area contributed by atoms with Crippen LogP contribution in [-0.2, 0) is 33.5 Å². The molecule has 2 atom stereocenters. The minimum absolute atomic E-state index is 0.114. The highest BCUT2D eigenvalue weighted by Gasteiger charge is 2.29. The van der Waals surface area contributed by atoms with Crippen LogP contribution in [0.2, 0.25) is 0 Å². The summed E-state index contributed by atoms with van der Waals surface area (Å²) in [5.74, 6) is -0.00305. The SMILES string of the molecule is COC(=O)CC1CCC(c2ccc(N[C@@H]3CCC(=O)NC3=O)cc2)CC1.O=C(O)CC1CCC(c2ccc(N[C@@H]3CCC(=O)NC3=O)cc2)CC1. The van der Waals surface area contributed by atoms with Gasteiger partial charge in [0, 0.05) is 37.1 Å². The second kappa shape index (κ2) is 18.0. The van der Waals surface area contributed by atoms with Crippen molar-refractivity contribution >= 4 is 46.9 Å². The molecule has 2 saturated carbocycles. The molecule has 2 saturated heterocycles. The molecule has 12 nitrogen and oxygen atoms in total. The molecule has 0 bridgehead atoms. The van der Waals surface area contributed by atoms with Gasteiger partial charge in [-0.3, -0.25) is 39.4 Å². The number of ether oxygens (including phenoxy) is 1. The third-order valence-electron chi connectivity index (χ3n) is 10.8.